The number of allylic oxidation sites excluding steroid dienone is 2. The second-order valence-electron chi connectivity index (χ2n) is 7.38. The Hall–Kier alpha value is -1.21. The van der Waals surface area contributed by atoms with Gasteiger partial charge in [-0.1, -0.05) is 36.8 Å². The first kappa shape index (κ1) is 22.1. The van der Waals surface area contributed by atoms with Crippen LogP contribution >= 0.6 is 11.8 Å². The first-order chi connectivity index (χ1) is 13.1. The van der Waals surface area contributed by atoms with Gasteiger partial charge in [-0.15, -0.1) is 0 Å². The lowest BCUT2D eigenvalue weighted by Crippen LogP contribution is -2.40. The maximum atomic E-state index is 12.2. The van der Waals surface area contributed by atoms with Crippen molar-refractivity contribution in [1.29, 1.82) is 0 Å². The number of rotatable bonds is 0. The molecule has 2 aliphatic rings. The third-order valence-corrected chi connectivity index (χ3v) is 6.23. The van der Waals surface area contributed by atoms with Gasteiger partial charge in [0.2, 0.25) is 5.91 Å². The van der Waals surface area contributed by atoms with Gasteiger partial charge in [0.1, 0.15) is 0 Å². The average molecular weight is 398 g/mol. The second-order valence-corrected chi connectivity index (χ2v) is 8.97. The number of ether oxygens (including phenoxy) is 1. The Balaban J connectivity index is 1.77. The van der Waals surface area contributed by atoms with Crippen LogP contribution in [0.25, 0.3) is 0 Å². The number of hydrogen-bond donors (Lipinski definition) is 3. The Morgan fingerprint density at radius 1 is 0.963 bits per heavy atom. The summed E-state index contributed by atoms with van der Waals surface area (Å²) in [5.41, 5.74) is 0. The molecule has 2 atom stereocenters. The summed E-state index contributed by atoms with van der Waals surface area (Å²) in [5, 5.41) is 8.14. The van der Waals surface area contributed by atoms with Crippen molar-refractivity contribution in [1.82, 2.24) is 16.0 Å². The smallest absolute Gasteiger partial charge is 0.314 e. The predicted octanol–water partition coefficient (Wildman–Crippen LogP) is 3.68. The third-order valence-electron chi connectivity index (χ3n) is 4.83. The van der Waals surface area contributed by atoms with Crippen LogP contribution in [0.15, 0.2) is 12.2 Å². The van der Waals surface area contributed by atoms with Crippen LogP contribution in [0.4, 0.5) is 4.79 Å². The molecule has 7 heteroatoms. The summed E-state index contributed by atoms with van der Waals surface area (Å²) >= 11 is 1.60. The average Bonchev–Trinajstić information content (AvgIpc) is 2.92. The van der Waals surface area contributed by atoms with Crippen LogP contribution < -0.4 is 16.0 Å². The van der Waals surface area contributed by atoms with Crippen molar-refractivity contribution in [3.8, 4) is 0 Å². The molecule has 0 aromatic carbocycles. The van der Waals surface area contributed by atoms with Gasteiger partial charge in [-0.05, 0) is 58.3 Å². The highest BCUT2D eigenvalue weighted by atomic mass is 32.2. The summed E-state index contributed by atoms with van der Waals surface area (Å²) in [7, 11) is 0. The van der Waals surface area contributed by atoms with Crippen molar-refractivity contribution in [2.24, 2.45) is 0 Å². The van der Waals surface area contributed by atoms with Crippen LogP contribution in [-0.4, -0.2) is 41.9 Å². The number of amides is 3. The van der Waals surface area contributed by atoms with Crippen LogP contribution in [0, 0.1) is 0 Å². The molecule has 2 unspecified atom stereocenters. The fraction of sp³-hybridized carbons (Fsp3) is 0.800. The number of urea groups is 1. The van der Waals surface area contributed by atoms with E-state index in [0.717, 1.165) is 64.3 Å². The van der Waals surface area contributed by atoms with Gasteiger partial charge >= 0.3 is 6.03 Å². The van der Waals surface area contributed by atoms with E-state index in [-0.39, 0.29) is 17.2 Å². The Morgan fingerprint density at radius 2 is 1.63 bits per heavy atom. The molecule has 154 valence electrons. The van der Waals surface area contributed by atoms with E-state index < -0.39 is 5.06 Å². The number of hydrogen-bond acceptors (Lipinski definition) is 4. The maximum absolute atomic E-state index is 12.2. The summed E-state index contributed by atoms with van der Waals surface area (Å²) in [6.45, 7) is 3.87. The van der Waals surface area contributed by atoms with E-state index in [9.17, 15) is 9.59 Å². The topological polar surface area (TPSA) is 79.5 Å². The first-order valence-electron chi connectivity index (χ1n) is 10.4. The van der Waals surface area contributed by atoms with Crippen LogP contribution in [0.3, 0.4) is 0 Å². The van der Waals surface area contributed by atoms with Gasteiger partial charge in [0.15, 0.2) is 5.06 Å². The minimum absolute atomic E-state index is 0.00577. The van der Waals surface area contributed by atoms with Gasteiger partial charge in [0.05, 0.1) is 11.9 Å². The number of nitrogens with one attached hydrogen (secondary N) is 3. The Bertz CT molecular complexity index is 501. The molecule has 6 nitrogen and oxygen atoms in total. The van der Waals surface area contributed by atoms with Crippen molar-refractivity contribution < 1.29 is 14.3 Å². The van der Waals surface area contributed by atoms with E-state index in [1.54, 1.807) is 11.8 Å². The number of carbonyl (C=O) groups is 2. The van der Waals surface area contributed by atoms with E-state index in [1.165, 1.54) is 6.42 Å². The van der Waals surface area contributed by atoms with Gasteiger partial charge in [0, 0.05) is 13.1 Å². The van der Waals surface area contributed by atoms with Crippen molar-refractivity contribution in [2.45, 2.75) is 81.4 Å². The number of fused-ring (bicyclic) bond motifs is 2. The van der Waals surface area contributed by atoms with Gasteiger partial charge in [-0.3, -0.25) is 4.79 Å². The van der Waals surface area contributed by atoms with E-state index in [4.69, 9.17) is 4.74 Å². The van der Waals surface area contributed by atoms with Crippen LogP contribution in [0.2, 0.25) is 0 Å². The van der Waals surface area contributed by atoms with E-state index in [2.05, 4.69) is 28.1 Å². The molecule has 0 aliphatic carbocycles. The molecule has 0 saturated carbocycles. The molecule has 2 aliphatic heterocycles. The molecule has 0 spiro atoms. The quantitative estimate of drug-likeness (QED) is 0.545. The first-order valence-corrected chi connectivity index (χ1v) is 11.3. The van der Waals surface area contributed by atoms with Crippen molar-refractivity contribution in [3.05, 3.63) is 12.2 Å². The van der Waals surface area contributed by atoms with Gasteiger partial charge < -0.3 is 20.7 Å². The maximum Gasteiger partial charge on any atom is 0.314 e. The molecule has 3 amide bonds. The highest BCUT2D eigenvalue weighted by Crippen LogP contribution is 2.37. The number of carbonyl (C=O) groups excluding carboxylic acids is 2. The minimum Gasteiger partial charge on any atom is -0.347 e. The summed E-state index contributed by atoms with van der Waals surface area (Å²) < 4.78 is 5.92. The fourth-order valence-corrected chi connectivity index (χ4v) is 4.58. The van der Waals surface area contributed by atoms with Crippen LogP contribution in [-0.2, 0) is 9.53 Å². The summed E-state index contributed by atoms with van der Waals surface area (Å²) in [6, 6.07) is -0.0954. The Morgan fingerprint density at radius 3 is 2.37 bits per heavy atom. The summed E-state index contributed by atoms with van der Waals surface area (Å²) in [6.07, 6.45) is 14.8. The second kappa shape index (κ2) is 12.3. The molecule has 2 bridgehead atoms. The molecule has 1 saturated heterocycles. The van der Waals surface area contributed by atoms with Crippen molar-refractivity contribution in [3.63, 3.8) is 0 Å². The zero-order valence-corrected chi connectivity index (χ0v) is 17.4. The highest BCUT2D eigenvalue weighted by Gasteiger charge is 2.41. The number of thioether (sulfide) groups is 1. The SMILES string of the molecule is CC12NC(=O)C(CCCCC/C=C\CCCCNC(=O)NCCCCO1)S2. The lowest BCUT2D eigenvalue weighted by atomic mass is 10.1. The van der Waals surface area contributed by atoms with Gasteiger partial charge in [0.25, 0.3) is 0 Å². The lowest BCUT2D eigenvalue weighted by Gasteiger charge is -2.23. The molecule has 0 radical (unpaired) electrons. The Kier molecular flexibility index (Phi) is 10.1. The van der Waals surface area contributed by atoms with Gasteiger partial charge in [-0.25, -0.2) is 4.79 Å². The fourth-order valence-electron chi connectivity index (χ4n) is 3.27. The highest BCUT2D eigenvalue weighted by molar-refractivity contribution is 8.02. The standard InChI is InChI=1S/C20H35N3O3S/c1-20-23-18(24)17(27-20)13-9-7-5-3-2-4-6-8-10-14-21-19(25)22-15-11-12-16-26-20/h2,4,17H,3,5-16H2,1H3,(H,23,24)(H2,21,22,25)/b4-2-. The zero-order chi connectivity index (χ0) is 19.4. The minimum atomic E-state index is -0.619. The van der Waals surface area contributed by atoms with Gasteiger partial charge in [-0.2, -0.15) is 0 Å². The molecule has 0 aromatic heterocycles. The van der Waals surface area contributed by atoms with Crippen molar-refractivity contribution in [2.75, 3.05) is 19.7 Å². The monoisotopic (exact) mass is 397 g/mol. The molecule has 1 fully saturated rings. The Labute approximate surface area is 167 Å². The van der Waals surface area contributed by atoms with Crippen LogP contribution in [0.1, 0.15) is 71.1 Å². The predicted molar refractivity (Wildman–Crippen MR) is 111 cm³/mol. The summed E-state index contributed by atoms with van der Waals surface area (Å²) in [4.78, 5) is 23.9. The normalized spacial score (nSPS) is 31.5. The molecule has 2 heterocycles. The van der Waals surface area contributed by atoms with Crippen LogP contribution in [0.5, 0.6) is 0 Å². The lowest BCUT2D eigenvalue weighted by molar-refractivity contribution is -0.124. The van der Waals surface area contributed by atoms with E-state index in [0.29, 0.717) is 13.2 Å². The summed E-state index contributed by atoms with van der Waals surface area (Å²) in [5.74, 6) is 0.0964. The molecular formula is C20H35N3O3S. The van der Waals surface area contributed by atoms with Crippen molar-refractivity contribution >= 4 is 23.7 Å². The molecular weight excluding hydrogens is 362 g/mol. The largest absolute Gasteiger partial charge is 0.347 e. The molecule has 27 heavy (non-hydrogen) atoms. The third kappa shape index (κ3) is 9.02. The molecule has 2 rings (SSSR count). The van der Waals surface area contributed by atoms with E-state index in [1.807, 2.05) is 6.92 Å². The molecule has 0 aromatic rings. The van der Waals surface area contributed by atoms with E-state index >= 15 is 0 Å². The zero-order valence-electron chi connectivity index (χ0n) is 16.6. The molecule has 3 N–H and O–H groups in total.